The fourth-order valence-electron chi connectivity index (χ4n) is 2.37. The summed E-state index contributed by atoms with van der Waals surface area (Å²) >= 11 is 0. The van der Waals surface area contributed by atoms with E-state index in [2.05, 4.69) is 0 Å². The Balaban J connectivity index is 1.86. The van der Waals surface area contributed by atoms with E-state index in [0.717, 1.165) is 0 Å². The standard InChI is InChI=1S/C14H18O5/c15-11-5-7-12(8-6-11)19-14(18)10-3-1-9(2-4-10)13(16)17/h5-10,13,15-17H,1-4H2. The van der Waals surface area contributed by atoms with Gasteiger partial charge in [0.15, 0.2) is 6.29 Å². The zero-order valence-electron chi connectivity index (χ0n) is 10.5. The minimum atomic E-state index is -1.30. The topological polar surface area (TPSA) is 87.0 Å². The second-order valence-electron chi connectivity index (χ2n) is 4.94. The predicted octanol–water partition coefficient (Wildman–Crippen LogP) is 1.41. The molecule has 0 saturated heterocycles. The number of rotatable bonds is 3. The van der Waals surface area contributed by atoms with Crippen LogP contribution < -0.4 is 4.74 Å². The van der Waals surface area contributed by atoms with Crippen molar-refractivity contribution in [2.24, 2.45) is 11.8 Å². The van der Waals surface area contributed by atoms with E-state index in [0.29, 0.717) is 31.4 Å². The van der Waals surface area contributed by atoms with Crippen LogP contribution in [0.3, 0.4) is 0 Å². The Kier molecular flexibility index (Phi) is 4.39. The first-order chi connectivity index (χ1) is 9.06. The van der Waals surface area contributed by atoms with Gasteiger partial charge in [-0.25, -0.2) is 0 Å². The lowest BCUT2D eigenvalue weighted by atomic mass is 9.82. The van der Waals surface area contributed by atoms with Crippen LogP contribution in [0.1, 0.15) is 25.7 Å². The van der Waals surface area contributed by atoms with Crippen LogP contribution in [0.5, 0.6) is 11.5 Å². The Morgan fingerprint density at radius 2 is 1.68 bits per heavy atom. The van der Waals surface area contributed by atoms with Crippen LogP contribution in [0, 0.1) is 11.8 Å². The molecule has 0 heterocycles. The summed E-state index contributed by atoms with van der Waals surface area (Å²) in [5.41, 5.74) is 0. The lowest BCUT2D eigenvalue weighted by Gasteiger charge is -2.28. The fourth-order valence-corrected chi connectivity index (χ4v) is 2.37. The van der Waals surface area contributed by atoms with Crippen LogP contribution in [-0.4, -0.2) is 27.6 Å². The Bertz CT molecular complexity index is 418. The Hall–Kier alpha value is -1.59. The first-order valence-electron chi connectivity index (χ1n) is 6.43. The maximum Gasteiger partial charge on any atom is 0.314 e. The van der Waals surface area contributed by atoms with Crippen molar-refractivity contribution < 1.29 is 24.9 Å². The smallest absolute Gasteiger partial charge is 0.314 e. The highest BCUT2D eigenvalue weighted by Crippen LogP contribution is 2.31. The molecule has 1 aliphatic carbocycles. The second-order valence-corrected chi connectivity index (χ2v) is 4.94. The number of ether oxygens (including phenoxy) is 1. The summed E-state index contributed by atoms with van der Waals surface area (Å²) in [6.45, 7) is 0. The third-order valence-corrected chi connectivity index (χ3v) is 3.58. The van der Waals surface area contributed by atoms with Crippen LogP contribution in [0.25, 0.3) is 0 Å². The number of phenols is 1. The molecule has 0 bridgehead atoms. The van der Waals surface area contributed by atoms with E-state index in [-0.39, 0.29) is 23.6 Å². The molecule has 0 radical (unpaired) electrons. The normalized spacial score (nSPS) is 23.3. The van der Waals surface area contributed by atoms with Gasteiger partial charge in [0.2, 0.25) is 0 Å². The number of aliphatic hydroxyl groups excluding tert-OH is 1. The zero-order chi connectivity index (χ0) is 13.8. The minimum Gasteiger partial charge on any atom is -0.508 e. The SMILES string of the molecule is O=C(Oc1ccc(O)cc1)C1CCC(C(O)O)CC1. The number of aliphatic hydroxyl groups is 2. The molecule has 1 aliphatic rings. The maximum absolute atomic E-state index is 11.9. The van der Waals surface area contributed by atoms with Gasteiger partial charge < -0.3 is 20.1 Å². The third-order valence-electron chi connectivity index (χ3n) is 3.58. The lowest BCUT2D eigenvalue weighted by Crippen LogP contribution is -2.30. The van der Waals surface area contributed by atoms with Gasteiger partial charge in [-0.15, -0.1) is 0 Å². The molecule has 5 heteroatoms. The van der Waals surface area contributed by atoms with Crippen LogP contribution in [0.15, 0.2) is 24.3 Å². The van der Waals surface area contributed by atoms with Gasteiger partial charge in [0.1, 0.15) is 11.5 Å². The summed E-state index contributed by atoms with van der Waals surface area (Å²) in [5, 5.41) is 27.3. The van der Waals surface area contributed by atoms with Gasteiger partial charge in [0, 0.05) is 5.92 Å². The highest BCUT2D eigenvalue weighted by atomic mass is 16.5. The summed E-state index contributed by atoms with van der Waals surface area (Å²) in [6, 6.07) is 6.00. The average Bonchev–Trinajstić information content (AvgIpc) is 2.41. The van der Waals surface area contributed by atoms with E-state index < -0.39 is 6.29 Å². The molecule has 0 aromatic heterocycles. The van der Waals surface area contributed by atoms with E-state index in [4.69, 9.17) is 20.1 Å². The molecular weight excluding hydrogens is 248 g/mol. The van der Waals surface area contributed by atoms with Gasteiger partial charge >= 0.3 is 5.97 Å². The highest BCUT2D eigenvalue weighted by Gasteiger charge is 2.30. The van der Waals surface area contributed by atoms with Crippen molar-refractivity contribution in [3.05, 3.63) is 24.3 Å². The third kappa shape index (κ3) is 3.68. The van der Waals surface area contributed by atoms with Crippen molar-refractivity contribution in [3.63, 3.8) is 0 Å². The Labute approximate surface area is 111 Å². The van der Waals surface area contributed by atoms with Crippen LogP contribution in [0.4, 0.5) is 0 Å². The van der Waals surface area contributed by atoms with Gasteiger partial charge in [0.25, 0.3) is 0 Å². The molecule has 1 aromatic rings. The number of carbonyl (C=O) groups excluding carboxylic acids is 1. The minimum absolute atomic E-state index is 0.122. The molecule has 1 aromatic carbocycles. The van der Waals surface area contributed by atoms with Gasteiger partial charge in [-0.1, -0.05) is 0 Å². The summed E-state index contributed by atoms with van der Waals surface area (Å²) < 4.78 is 5.23. The quantitative estimate of drug-likeness (QED) is 0.437. The average molecular weight is 266 g/mol. The van der Waals surface area contributed by atoms with E-state index in [1.165, 1.54) is 24.3 Å². The van der Waals surface area contributed by atoms with Crippen LogP contribution in [0.2, 0.25) is 0 Å². The summed E-state index contributed by atoms with van der Waals surface area (Å²) in [7, 11) is 0. The fraction of sp³-hybridized carbons (Fsp3) is 0.500. The van der Waals surface area contributed by atoms with E-state index in [1.54, 1.807) is 0 Å². The van der Waals surface area contributed by atoms with Crippen molar-refractivity contribution in [2.45, 2.75) is 32.0 Å². The van der Waals surface area contributed by atoms with Gasteiger partial charge in [-0.2, -0.15) is 0 Å². The molecular formula is C14H18O5. The molecule has 19 heavy (non-hydrogen) atoms. The van der Waals surface area contributed by atoms with Crippen molar-refractivity contribution in [1.29, 1.82) is 0 Å². The molecule has 0 amide bonds. The number of aromatic hydroxyl groups is 1. The highest BCUT2D eigenvalue weighted by molar-refractivity contribution is 5.75. The summed E-state index contributed by atoms with van der Waals surface area (Å²) in [5.74, 6) is -0.0950. The van der Waals surface area contributed by atoms with Crippen LogP contribution >= 0.6 is 0 Å². The summed E-state index contributed by atoms with van der Waals surface area (Å²) in [4.78, 5) is 11.9. The summed E-state index contributed by atoms with van der Waals surface area (Å²) in [6.07, 6.45) is 1.16. The van der Waals surface area contributed by atoms with Crippen molar-refractivity contribution in [2.75, 3.05) is 0 Å². The molecule has 2 rings (SSSR count). The first-order valence-corrected chi connectivity index (χ1v) is 6.43. The lowest BCUT2D eigenvalue weighted by molar-refractivity contribution is -0.143. The molecule has 3 N–H and O–H groups in total. The van der Waals surface area contributed by atoms with E-state index in [1.807, 2.05) is 0 Å². The number of carbonyl (C=O) groups is 1. The van der Waals surface area contributed by atoms with Crippen molar-refractivity contribution in [1.82, 2.24) is 0 Å². The molecule has 104 valence electrons. The second kappa shape index (κ2) is 6.04. The molecule has 0 spiro atoms. The van der Waals surface area contributed by atoms with Crippen molar-refractivity contribution in [3.8, 4) is 11.5 Å². The van der Waals surface area contributed by atoms with Crippen LogP contribution in [-0.2, 0) is 4.79 Å². The number of hydrogen-bond acceptors (Lipinski definition) is 5. The van der Waals surface area contributed by atoms with Gasteiger partial charge in [0.05, 0.1) is 5.92 Å². The first kappa shape index (κ1) is 13.8. The predicted molar refractivity (Wildman–Crippen MR) is 67.4 cm³/mol. The molecule has 1 saturated carbocycles. The molecule has 0 atom stereocenters. The number of phenolic OH excluding ortho intramolecular Hbond substituents is 1. The van der Waals surface area contributed by atoms with E-state index >= 15 is 0 Å². The van der Waals surface area contributed by atoms with Crippen molar-refractivity contribution >= 4 is 5.97 Å². The molecule has 5 nitrogen and oxygen atoms in total. The molecule has 0 unspecified atom stereocenters. The zero-order valence-corrected chi connectivity index (χ0v) is 10.5. The maximum atomic E-state index is 11.9. The van der Waals surface area contributed by atoms with Gasteiger partial charge in [-0.05, 0) is 49.9 Å². The van der Waals surface area contributed by atoms with E-state index in [9.17, 15) is 4.79 Å². The Morgan fingerprint density at radius 3 is 2.21 bits per heavy atom. The number of esters is 1. The number of hydrogen-bond donors (Lipinski definition) is 3. The molecule has 1 fully saturated rings. The number of benzene rings is 1. The van der Waals surface area contributed by atoms with Gasteiger partial charge in [-0.3, -0.25) is 4.79 Å². The molecule has 0 aliphatic heterocycles. The monoisotopic (exact) mass is 266 g/mol. The Morgan fingerprint density at radius 1 is 1.11 bits per heavy atom. The largest absolute Gasteiger partial charge is 0.508 e.